The first kappa shape index (κ1) is 22.5. The minimum absolute atomic E-state index is 0.641. The standard InChI is InChI=1S/C36H22N4/c1-2-7-27(8-3-1)34-38-35(28-16-12-23(13-17-28)31-11-4-5-22-37-31)40-36(39-34)30-21-19-26-15-14-24-9-6-10-25-18-20-29(30)33(26)32(24)25/h1-22H. The van der Waals surface area contributed by atoms with Gasteiger partial charge in [-0.1, -0.05) is 109 Å². The van der Waals surface area contributed by atoms with Crippen molar-refractivity contribution in [1.29, 1.82) is 0 Å². The summed E-state index contributed by atoms with van der Waals surface area (Å²) in [6, 6.07) is 43.9. The fourth-order valence-corrected chi connectivity index (χ4v) is 5.60. The van der Waals surface area contributed by atoms with Crippen LogP contribution in [0.5, 0.6) is 0 Å². The van der Waals surface area contributed by atoms with Crippen molar-refractivity contribution in [2.45, 2.75) is 0 Å². The van der Waals surface area contributed by atoms with Gasteiger partial charge in [-0.25, -0.2) is 15.0 Å². The average Bonchev–Trinajstić information content (AvgIpc) is 3.04. The van der Waals surface area contributed by atoms with Crippen LogP contribution in [0.1, 0.15) is 0 Å². The molecule has 0 unspecified atom stereocenters. The lowest BCUT2D eigenvalue weighted by Gasteiger charge is -2.14. The van der Waals surface area contributed by atoms with Crippen LogP contribution < -0.4 is 0 Å². The molecule has 0 bridgehead atoms. The van der Waals surface area contributed by atoms with E-state index in [0.29, 0.717) is 17.5 Å². The summed E-state index contributed by atoms with van der Waals surface area (Å²) in [5, 5.41) is 7.36. The molecule has 0 spiro atoms. The molecule has 8 rings (SSSR count). The van der Waals surface area contributed by atoms with Crippen molar-refractivity contribution in [3.63, 3.8) is 0 Å². The quantitative estimate of drug-likeness (QED) is 0.222. The molecule has 0 radical (unpaired) electrons. The van der Waals surface area contributed by atoms with Crippen LogP contribution in [-0.2, 0) is 0 Å². The second-order valence-corrected chi connectivity index (χ2v) is 9.93. The van der Waals surface area contributed by atoms with Gasteiger partial charge in [-0.05, 0) is 50.5 Å². The van der Waals surface area contributed by atoms with Crippen LogP contribution in [0.25, 0.3) is 77.7 Å². The molecule has 0 saturated heterocycles. The van der Waals surface area contributed by atoms with E-state index in [1.807, 2.05) is 54.7 Å². The Kier molecular flexibility index (Phi) is 5.10. The summed E-state index contributed by atoms with van der Waals surface area (Å²) in [4.78, 5) is 19.5. The molecule has 186 valence electrons. The number of hydrogen-bond acceptors (Lipinski definition) is 4. The summed E-state index contributed by atoms with van der Waals surface area (Å²) in [7, 11) is 0. The van der Waals surface area contributed by atoms with Gasteiger partial charge in [-0.3, -0.25) is 4.98 Å². The lowest BCUT2D eigenvalue weighted by Crippen LogP contribution is -2.00. The molecule has 0 aliphatic heterocycles. The first-order chi connectivity index (χ1) is 19.8. The normalized spacial score (nSPS) is 11.5. The molecule has 4 heteroatoms. The molecule has 0 atom stereocenters. The maximum Gasteiger partial charge on any atom is 0.164 e. The number of nitrogens with zero attached hydrogens (tertiary/aromatic N) is 4. The molecule has 2 heterocycles. The van der Waals surface area contributed by atoms with E-state index in [1.165, 1.54) is 26.9 Å². The molecule has 0 saturated carbocycles. The van der Waals surface area contributed by atoms with Gasteiger partial charge in [0, 0.05) is 28.5 Å². The van der Waals surface area contributed by atoms with Crippen molar-refractivity contribution in [3.8, 4) is 45.4 Å². The van der Waals surface area contributed by atoms with Crippen molar-refractivity contribution < 1.29 is 0 Å². The number of hydrogen-bond donors (Lipinski definition) is 0. The van der Waals surface area contributed by atoms with Crippen LogP contribution in [0.2, 0.25) is 0 Å². The molecule has 0 aliphatic carbocycles. The molecule has 6 aromatic carbocycles. The molecule has 8 aromatic rings. The fraction of sp³-hybridized carbons (Fsp3) is 0. The summed E-state index contributed by atoms with van der Waals surface area (Å²) in [5.41, 5.74) is 4.86. The Bertz CT molecular complexity index is 2120. The summed E-state index contributed by atoms with van der Waals surface area (Å²) >= 11 is 0. The number of pyridine rings is 1. The number of benzene rings is 6. The first-order valence-electron chi connectivity index (χ1n) is 13.3. The van der Waals surface area contributed by atoms with Gasteiger partial charge in [0.05, 0.1) is 5.69 Å². The zero-order chi connectivity index (χ0) is 26.5. The van der Waals surface area contributed by atoms with E-state index in [0.717, 1.165) is 33.3 Å². The minimum Gasteiger partial charge on any atom is -0.256 e. The Morgan fingerprint density at radius 1 is 0.375 bits per heavy atom. The van der Waals surface area contributed by atoms with Gasteiger partial charge in [0.1, 0.15) is 0 Å². The maximum absolute atomic E-state index is 5.05. The van der Waals surface area contributed by atoms with Crippen molar-refractivity contribution in [3.05, 3.63) is 134 Å². The number of aromatic nitrogens is 4. The molecular formula is C36H22N4. The highest BCUT2D eigenvalue weighted by Crippen LogP contribution is 2.39. The molecule has 40 heavy (non-hydrogen) atoms. The first-order valence-corrected chi connectivity index (χ1v) is 13.3. The van der Waals surface area contributed by atoms with Gasteiger partial charge in [0.25, 0.3) is 0 Å². The van der Waals surface area contributed by atoms with Gasteiger partial charge in [0.2, 0.25) is 0 Å². The van der Waals surface area contributed by atoms with E-state index in [-0.39, 0.29) is 0 Å². The Morgan fingerprint density at radius 2 is 0.975 bits per heavy atom. The predicted molar refractivity (Wildman–Crippen MR) is 163 cm³/mol. The average molecular weight is 511 g/mol. The SMILES string of the molecule is c1ccc(-c2nc(-c3ccc(-c4ccccn4)cc3)nc(-c3ccc4ccc5cccc6ccc3c4c56)n2)cc1. The van der Waals surface area contributed by atoms with Gasteiger partial charge in [0.15, 0.2) is 17.5 Å². The Labute approximate surface area is 231 Å². The third kappa shape index (κ3) is 3.69. The monoisotopic (exact) mass is 510 g/mol. The van der Waals surface area contributed by atoms with Crippen molar-refractivity contribution >= 4 is 32.3 Å². The number of rotatable bonds is 4. The maximum atomic E-state index is 5.05. The topological polar surface area (TPSA) is 51.6 Å². The van der Waals surface area contributed by atoms with Crippen molar-refractivity contribution in [2.24, 2.45) is 0 Å². The van der Waals surface area contributed by atoms with Crippen LogP contribution >= 0.6 is 0 Å². The predicted octanol–water partition coefficient (Wildman–Crippen LogP) is 8.83. The Hall–Kier alpha value is -5.48. The van der Waals surface area contributed by atoms with Crippen LogP contribution in [-0.4, -0.2) is 19.9 Å². The lowest BCUT2D eigenvalue weighted by atomic mass is 9.92. The van der Waals surface area contributed by atoms with Crippen LogP contribution in [0.15, 0.2) is 134 Å². The smallest absolute Gasteiger partial charge is 0.164 e. The van der Waals surface area contributed by atoms with Gasteiger partial charge in [-0.15, -0.1) is 0 Å². The largest absolute Gasteiger partial charge is 0.256 e. The minimum atomic E-state index is 0.641. The summed E-state index contributed by atoms with van der Waals surface area (Å²) in [6.07, 6.45) is 1.81. The van der Waals surface area contributed by atoms with Gasteiger partial charge < -0.3 is 0 Å². The molecule has 2 aromatic heterocycles. The van der Waals surface area contributed by atoms with E-state index in [1.54, 1.807) is 0 Å². The highest BCUT2D eigenvalue weighted by molar-refractivity contribution is 6.25. The lowest BCUT2D eigenvalue weighted by molar-refractivity contribution is 1.08. The van der Waals surface area contributed by atoms with Crippen molar-refractivity contribution in [1.82, 2.24) is 19.9 Å². The van der Waals surface area contributed by atoms with Crippen LogP contribution in [0.3, 0.4) is 0 Å². The summed E-state index contributed by atoms with van der Waals surface area (Å²) in [6.45, 7) is 0. The van der Waals surface area contributed by atoms with E-state index in [2.05, 4.69) is 83.8 Å². The molecule has 0 fully saturated rings. The van der Waals surface area contributed by atoms with Gasteiger partial charge in [-0.2, -0.15) is 0 Å². The van der Waals surface area contributed by atoms with E-state index in [9.17, 15) is 0 Å². The molecular weight excluding hydrogens is 488 g/mol. The zero-order valence-electron chi connectivity index (χ0n) is 21.5. The van der Waals surface area contributed by atoms with Crippen LogP contribution in [0.4, 0.5) is 0 Å². The third-order valence-corrected chi connectivity index (χ3v) is 7.54. The van der Waals surface area contributed by atoms with Crippen LogP contribution in [0, 0.1) is 0 Å². The van der Waals surface area contributed by atoms with Gasteiger partial charge >= 0.3 is 0 Å². The van der Waals surface area contributed by atoms with E-state index < -0.39 is 0 Å². The summed E-state index contributed by atoms with van der Waals surface area (Å²) in [5.74, 6) is 1.96. The summed E-state index contributed by atoms with van der Waals surface area (Å²) < 4.78 is 0. The molecule has 4 nitrogen and oxygen atoms in total. The Balaban J connectivity index is 1.34. The second-order valence-electron chi connectivity index (χ2n) is 9.93. The highest BCUT2D eigenvalue weighted by atomic mass is 15.0. The second kappa shape index (κ2) is 9.07. The van der Waals surface area contributed by atoms with E-state index >= 15 is 0 Å². The highest BCUT2D eigenvalue weighted by Gasteiger charge is 2.17. The zero-order valence-corrected chi connectivity index (χ0v) is 21.5. The molecule has 0 N–H and O–H groups in total. The molecule has 0 aliphatic rings. The third-order valence-electron chi connectivity index (χ3n) is 7.54. The molecule has 0 amide bonds. The van der Waals surface area contributed by atoms with E-state index in [4.69, 9.17) is 15.0 Å². The Morgan fingerprint density at radius 3 is 1.70 bits per heavy atom. The van der Waals surface area contributed by atoms with Crippen molar-refractivity contribution in [2.75, 3.05) is 0 Å². The fourth-order valence-electron chi connectivity index (χ4n) is 5.60.